The third kappa shape index (κ3) is 3.95. The minimum absolute atomic E-state index is 0.0845. The largest absolute Gasteiger partial charge is 0.463 e. The summed E-state index contributed by atoms with van der Waals surface area (Å²) < 4.78 is 7.57. The molecule has 0 saturated heterocycles. The molecule has 178 valence electrons. The maximum Gasteiger partial charge on any atom is 0.271 e. The van der Waals surface area contributed by atoms with Crippen LogP contribution in [0, 0.1) is 12.8 Å². The Hall–Kier alpha value is -3.28. The first-order valence-corrected chi connectivity index (χ1v) is 12.3. The summed E-state index contributed by atoms with van der Waals surface area (Å²) in [6.07, 6.45) is 5.85. The Labute approximate surface area is 200 Å². The molecule has 1 aromatic carbocycles. The van der Waals surface area contributed by atoms with Gasteiger partial charge in [-0.2, -0.15) is 0 Å². The van der Waals surface area contributed by atoms with Gasteiger partial charge in [0.15, 0.2) is 0 Å². The molecule has 0 radical (unpaired) electrons. The first-order chi connectivity index (χ1) is 16.4. The molecule has 1 fully saturated rings. The van der Waals surface area contributed by atoms with Crippen molar-refractivity contribution in [1.82, 2.24) is 14.8 Å². The molecule has 2 amide bonds. The van der Waals surface area contributed by atoms with Crippen molar-refractivity contribution >= 4 is 11.8 Å². The van der Waals surface area contributed by atoms with E-state index in [-0.39, 0.29) is 17.9 Å². The number of carbonyl (C=O) groups is 2. The molecular formula is C28H33N3O3. The van der Waals surface area contributed by atoms with Gasteiger partial charge in [0, 0.05) is 12.6 Å². The Morgan fingerprint density at radius 2 is 1.79 bits per heavy atom. The van der Waals surface area contributed by atoms with Crippen molar-refractivity contribution in [2.75, 3.05) is 0 Å². The summed E-state index contributed by atoms with van der Waals surface area (Å²) in [5.41, 5.74) is 2.52. The zero-order valence-corrected chi connectivity index (χ0v) is 20.2. The van der Waals surface area contributed by atoms with Gasteiger partial charge in [-0.3, -0.25) is 9.59 Å². The van der Waals surface area contributed by atoms with Gasteiger partial charge in [-0.1, -0.05) is 31.2 Å². The van der Waals surface area contributed by atoms with Crippen LogP contribution in [-0.4, -0.2) is 32.9 Å². The van der Waals surface area contributed by atoms with Crippen molar-refractivity contribution in [3.8, 4) is 11.5 Å². The molecule has 6 nitrogen and oxygen atoms in total. The molecule has 1 aliphatic carbocycles. The lowest BCUT2D eigenvalue weighted by atomic mass is 9.86. The van der Waals surface area contributed by atoms with Crippen molar-refractivity contribution in [2.24, 2.45) is 5.92 Å². The number of hydrogen-bond acceptors (Lipinski definition) is 3. The smallest absolute Gasteiger partial charge is 0.271 e. The lowest BCUT2D eigenvalue weighted by Gasteiger charge is -2.45. The van der Waals surface area contributed by atoms with Gasteiger partial charge >= 0.3 is 0 Å². The molecular weight excluding hydrogens is 426 g/mol. The van der Waals surface area contributed by atoms with E-state index in [0.717, 1.165) is 42.5 Å². The topological polar surface area (TPSA) is 67.5 Å². The molecule has 1 saturated carbocycles. The number of furan rings is 1. The van der Waals surface area contributed by atoms with Crippen LogP contribution in [0.25, 0.3) is 11.5 Å². The molecule has 2 aromatic heterocycles. The van der Waals surface area contributed by atoms with E-state index in [4.69, 9.17) is 4.42 Å². The predicted octanol–water partition coefficient (Wildman–Crippen LogP) is 5.17. The fourth-order valence-corrected chi connectivity index (χ4v) is 5.36. The van der Waals surface area contributed by atoms with Crippen LogP contribution in [0.2, 0.25) is 0 Å². The van der Waals surface area contributed by atoms with Gasteiger partial charge in [0.1, 0.15) is 17.0 Å². The van der Waals surface area contributed by atoms with Crippen LogP contribution < -0.4 is 5.32 Å². The quantitative estimate of drug-likeness (QED) is 0.573. The zero-order chi connectivity index (χ0) is 23.9. The fraction of sp³-hybridized carbons (Fsp3) is 0.429. The van der Waals surface area contributed by atoms with Crippen molar-refractivity contribution in [3.63, 3.8) is 0 Å². The van der Waals surface area contributed by atoms with E-state index in [1.165, 1.54) is 0 Å². The fourth-order valence-electron chi connectivity index (χ4n) is 5.36. The SMILES string of the molecule is Cc1ccccc1CN1C(=O)c2ccc(-c3ccco3)n2CC1(C)C(=O)NC1CCC(C)CC1. The number of carbonyl (C=O) groups excluding carboxylic acids is 2. The van der Waals surface area contributed by atoms with Gasteiger partial charge in [-0.05, 0) is 80.8 Å². The number of nitrogens with one attached hydrogen (secondary N) is 1. The second-order valence-electron chi connectivity index (χ2n) is 10.2. The van der Waals surface area contributed by atoms with Gasteiger partial charge in [0.2, 0.25) is 5.91 Å². The standard InChI is InChI=1S/C28H33N3O3/c1-19-10-12-22(13-11-19)29-27(33)28(3)18-30-23(25-9-6-16-34-25)14-15-24(30)26(32)31(28)17-21-8-5-4-7-20(21)2/h4-9,14-16,19,22H,10-13,17-18H2,1-3H3,(H,29,33). The van der Waals surface area contributed by atoms with Crippen LogP contribution in [0.1, 0.15) is 61.1 Å². The van der Waals surface area contributed by atoms with Gasteiger partial charge in [0.25, 0.3) is 5.91 Å². The number of amides is 2. The van der Waals surface area contributed by atoms with E-state index in [1.807, 2.05) is 66.9 Å². The van der Waals surface area contributed by atoms with Crippen molar-refractivity contribution in [3.05, 3.63) is 71.6 Å². The van der Waals surface area contributed by atoms with E-state index < -0.39 is 5.54 Å². The third-order valence-electron chi connectivity index (χ3n) is 7.71. The Kier molecular flexibility index (Phi) is 5.84. The lowest BCUT2D eigenvalue weighted by molar-refractivity contribution is -0.134. The molecule has 0 spiro atoms. The predicted molar refractivity (Wildman–Crippen MR) is 131 cm³/mol. The average Bonchev–Trinajstić information content (AvgIpc) is 3.49. The van der Waals surface area contributed by atoms with Crippen molar-refractivity contribution in [2.45, 2.75) is 71.1 Å². The summed E-state index contributed by atoms with van der Waals surface area (Å²) in [6.45, 7) is 6.98. The average molecular weight is 460 g/mol. The summed E-state index contributed by atoms with van der Waals surface area (Å²) in [4.78, 5) is 29.5. The maximum absolute atomic E-state index is 13.9. The van der Waals surface area contributed by atoms with Crippen LogP contribution in [-0.2, 0) is 17.9 Å². The Bertz CT molecular complexity index is 1190. The number of benzene rings is 1. The third-order valence-corrected chi connectivity index (χ3v) is 7.71. The Balaban J connectivity index is 1.52. The molecule has 5 rings (SSSR count). The molecule has 34 heavy (non-hydrogen) atoms. The first kappa shape index (κ1) is 22.5. The summed E-state index contributed by atoms with van der Waals surface area (Å²) in [6, 6.07) is 15.7. The van der Waals surface area contributed by atoms with Gasteiger partial charge in [-0.15, -0.1) is 0 Å². The van der Waals surface area contributed by atoms with E-state index in [2.05, 4.69) is 12.2 Å². The summed E-state index contributed by atoms with van der Waals surface area (Å²) >= 11 is 0. The molecule has 1 N–H and O–H groups in total. The molecule has 3 heterocycles. The number of fused-ring (bicyclic) bond motifs is 1. The van der Waals surface area contributed by atoms with Crippen molar-refractivity contribution in [1.29, 1.82) is 0 Å². The van der Waals surface area contributed by atoms with Crippen LogP contribution in [0.4, 0.5) is 0 Å². The first-order valence-electron chi connectivity index (χ1n) is 12.3. The number of nitrogens with zero attached hydrogens (tertiary/aromatic N) is 2. The van der Waals surface area contributed by atoms with E-state index in [0.29, 0.717) is 30.5 Å². The second kappa shape index (κ2) is 8.82. The maximum atomic E-state index is 13.9. The van der Waals surface area contributed by atoms with Crippen LogP contribution >= 0.6 is 0 Å². The Morgan fingerprint density at radius 3 is 2.50 bits per heavy atom. The molecule has 1 unspecified atom stereocenters. The van der Waals surface area contributed by atoms with E-state index >= 15 is 0 Å². The Morgan fingerprint density at radius 1 is 1.06 bits per heavy atom. The van der Waals surface area contributed by atoms with Gasteiger partial charge < -0.3 is 19.2 Å². The van der Waals surface area contributed by atoms with Gasteiger partial charge in [-0.25, -0.2) is 0 Å². The minimum Gasteiger partial charge on any atom is -0.463 e. The minimum atomic E-state index is -1.03. The highest BCUT2D eigenvalue weighted by Gasteiger charge is 2.48. The lowest BCUT2D eigenvalue weighted by Crippen LogP contribution is -2.64. The highest BCUT2D eigenvalue weighted by molar-refractivity contribution is 6.00. The van der Waals surface area contributed by atoms with Gasteiger partial charge in [0.05, 0.1) is 18.5 Å². The zero-order valence-electron chi connectivity index (χ0n) is 20.2. The van der Waals surface area contributed by atoms with Crippen molar-refractivity contribution < 1.29 is 14.0 Å². The normalized spacial score (nSPS) is 24.7. The van der Waals surface area contributed by atoms with E-state index in [9.17, 15) is 9.59 Å². The van der Waals surface area contributed by atoms with Crippen LogP contribution in [0.3, 0.4) is 0 Å². The number of aryl methyl sites for hydroxylation is 1. The molecule has 1 atom stereocenters. The summed E-state index contributed by atoms with van der Waals surface area (Å²) in [7, 11) is 0. The van der Waals surface area contributed by atoms with E-state index in [1.54, 1.807) is 11.2 Å². The molecule has 2 aliphatic rings. The second-order valence-corrected chi connectivity index (χ2v) is 10.2. The molecule has 3 aromatic rings. The highest BCUT2D eigenvalue weighted by atomic mass is 16.3. The monoisotopic (exact) mass is 459 g/mol. The summed E-state index contributed by atoms with van der Waals surface area (Å²) in [5, 5.41) is 3.31. The number of hydrogen-bond donors (Lipinski definition) is 1. The molecule has 6 heteroatoms. The highest BCUT2D eigenvalue weighted by Crippen LogP contribution is 2.35. The molecule has 0 bridgehead atoms. The van der Waals surface area contributed by atoms with Crippen LogP contribution in [0.15, 0.2) is 59.2 Å². The number of rotatable bonds is 5. The van der Waals surface area contributed by atoms with Crippen LogP contribution in [0.5, 0.6) is 0 Å². The summed E-state index contributed by atoms with van der Waals surface area (Å²) in [5.74, 6) is 1.17. The molecule has 1 aliphatic heterocycles. The number of aromatic nitrogens is 1.